The zero-order chi connectivity index (χ0) is 11.5. The van der Waals surface area contributed by atoms with Gasteiger partial charge in [0, 0.05) is 25.2 Å². The Morgan fingerprint density at radius 1 is 1.40 bits per heavy atom. The van der Waals surface area contributed by atoms with E-state index in [9.17, 15) is 8.42 Å². The molecule has 0 atom stereocenters. The maximum atomic E-state index is 11.9. The number of unbranched alkanes of at least 4 members (excludes halogenated alkanes) is 1. The summed E-state index contributed by atoms with van der Waals surface area (Å²) in [5, 5.41) is 3.31. The molecule has 0 aromatic heterocycles. The Morgan fingerprint density at radius 2 is 2.07 bits per heavy atom. The zero-order valence-electron chi connectivity index (χ0n) is 9.91. The molecule has 0 unspecified atom stereocenters. The van der Waals surface area contributed by atoms with Crippen molar-refractivity contribution in [1.29, 1.82) is 0 Å². The Bertz CT molecular complexity index is 299. The van der Waals surface area contributed by atoms with Crippen LogP contribution in [0.4, 0.5) is 0 Å². The zero-order valence-corrected chi connectivity index (χ0v) is 10.7. The first kappa shape index (κ1) is 12.9. The summed E-state index contributed by atoms with van der Waals surface area (Å²) in [5.74, 6) is 0.291. The minimum absolute atomic E-state index is 0.0997. The van der Waals surface area contributed by atoms with E-state index in [1.54, 1.807) is 4.31 Å². The van der Waals surface area contributed by atoms with Crippen molar-refractivity contribution in [2.45, 2.75) is 39.2 Å². The van der Waals surface area contributed by atoms with Crippen LogP contribution in [0, 0.1) is 0 Å². The maximum absolute atomic E-state index is 11.9. The first-order chi connectivity index (χ1) is 6.87. The molecule has 15 heavy (non-hydrogen) atoms. The molecule has 5 heteroatoms. The molecule has 1 aliphatic rings. The van der Waals surface area contributed by atoms with E-state index in [4.69, 9.17) is 0 Å². The van der Waals surface area contributed by atoms with Gasteiger partial charge in [-0.25, -0.2) is 8.42 Å². The largest absolute Gasteiger partial charge is 0.309 e. The van der Waals surface area contributed by atoms with E-state index in [1.165, 1.54) is 0 Å². The topological polar surface area (TPSA) is 49.4 Å². The highest BCUT2D eigenvalue weighted by Crippen LogP contribution is 2.14. The minimum Gasteiger partial charge on any atom is -0.309 e. The average Bonchev–Trinajstić information content (AvgIpc) is 2.13. The average molecular weight is 234 g/mol. The lowest BCUT2D eigenvalue weighted by atomic mass is 10.0. The fourth-order valence-corrected chi connectivity index (χ4v) is 3.59. The third-order valence-corrected chi connectivity index (χ3v) is 4.59. The van der Waals surface area contributed by atoms with Gasteiger partial charge in [0.05, 0.1) is 5.75 Å². The van der Waals surface area contributed by atoms with Gasteiger partial charge in [-0.3, -0.25) is 0 Å². The molecular weight excluding hydrogens is 212 g/mol. The number of hydrogen-bond acceptors (Lipinski definition) is 3. The molecule has 1 saturated heterocycles. The Labute approximate surface area is 93.1 Å². The fraction of sp³-hybridized carbons (Fsp3) is 1.00. The summed E-state index contributed by atoms with van der Waals surface area (Å²) in [6, 6.07) is 0. The summed E-state index contributed by atoms with van der Waals surface area (Å²) in [7, 11) is -3.02. The smallest absolute Gasteiger partial charge is 0.214 e. The van der Waals surface area contributed by atoms with E-state index in [0.29, 0.717) is 18.8 Å². The van der Waals surface area contributed by atoms with Crippen LogP contribution < -0.4 is 5.32 Å². The molecule has 1 N–H and O–H groups in total. The van der Waals surface area contributed by atoms with Crippen LogP contribution in [0.2, 0.25) is 0 Å². The second kappa shape index (κ2) is 4.80. The van der Waals surface area contributed by atoms with Crippen LogP contribution in [-0.4, -0.2) is 43.6 Å². The van der Waals surface area contributed by atoms with Gasteiger partial charge < -0.3 is 5.32 Å². The predicted molar refractivity (Wildman–Crippen MR) is 62.3 cm³/mol. The molecule has 0 saturated carbocycles. The summed E-state index contributed by atoms with van der Waals surface area (Å²) in [5.41, 5.74) is -0.0997. The van der Waals surface area contributed by atoms with E-state index in [1.807, 2.05) is 20.8 Å². The van der Waals surface area contributed by atoms with Gasteiger partial charge in [-0.05, 0) is 20.3 Å². The maximum Gasteiger partial charge on any atom is 0.214 e. The molecule has 90 valence electrons. The third-order valence-electron chi connectivity index (χ3n) is 2.69. The number of rotatable bonds is 4. The standard InChI is InChI=1S/C10H22N2O2S/c1-4-5-8-15(13,14)12-7-6-11-10(2,3)9-12/h11H,4-9H2,1-3H3. The van der Waals surface area contributed by atoms with Gasteiger partial charge >= 0.3 is 0 Å². The van der Waals surface area contributed by atoms with Gasteiger partial charge in [0.15, 0.2) is 0 Å². The van der Waals surface area contributed by atoms with Crippen molar-refractivity contribution >= 4 is 10.0 Å². The van der Waals surface area contributed by atoms with Crippen molar-refractivity contribution < 1.29 is 8.42 Å². The molecule has 1 aliphatic heterocycles. The molecule has 0 aliphatic carbocycles. The molecule has 0 bridgehead atoms. The molecule has 0 spiro atoms. The SMILES string of the molecule is CCCCS(=O)(=O)N1CCNC(C)(C)C1. The Hall–Kier alpha value is -0.130. The van der Waals surface area contributed by atoms with Crippen molar-refractivity contribution in [3.05, 3.63) is 0 Å². The summed E-state index contributed by atoms with van der Waals surface area (Å²) >= 11 is 0. The van der Waals surface area contributed by atoms with Crippen LogP contribution in [0.3, 0.4) is 0 Å². The number of hydrogen-bond donors (Lipinski definition) is 1. The molecule has 1 fully saturated rings. The van der Waals surface area contributed by atoms with Crippen LogP contribution in [0.1, 0.15) is 33.6 Å². The number of sulfonamides is 1. The lowest BCUT2D eigenvalue weighted by Crippen LogP contribution is -2.58. The molecule has 4 nitrogen and oxygen atoms in total. The monoisotopic (exact) mass is 234 g/mol. The van der Waals surface area contributed by atoms with Crippen LogP contribution in [0.25, 0.3) is 0 Å². The van der Waals surface area contributed by atoms with E-state index in [0.717, 1.165) is 19.4 Å². The summed E-state index contributed by atoms with van der Waals surface area (Å²) in [4.78, 5) is 0. The third kappa shape index (κ3) is 3.74. The quantitative estimate of drug-likeness (QED) is 0.783. The molecular formula is C10H22N2O2S. The van der Waals surface area contributed by atoms with E-state index < -0.39 is 10.0 Å². The van der Waals surface area contributed by atoms with Crippen LogP contribution in [0.15, 0.2) is 0 Å². The van der Waals surface area contributed by atoms with E-state index >= 15 is 0 Å². The van der Waals surface area contributed by atoms with Crippen molar-refractivity contribution in [1.82, 2.24) is 9.62 Å². The van der Waals surface area contributed by atoms with Crippen LogP contribution in [-0.2, 0) is 10.0 Å². The summed E-state index contributed by atoms with van der Waals surface area (Å²) < 4.78 is 25.5. The summed E-state index contributed by atoms with van der Waals surface area (Å²) in [6.45, 7) is 8.02. The first-order valence-corrected chi connectivity index (χ1v) is 7.21. The molecule has 0 amide bonds. The molecule has 1 rings (SSSR count). The van der Waals surface area contributed by atoms with Crippen molar-refractivity contribution in [3.8, 4) is 0 Å². The van der Waals surface area contributed by atoms with Gasteiger partial charge in [-0.2, -0.15) is 4.31 Å². The van der Waals surface area contributed by atoms with E-state index in [2.05, 4.69) is 5.32 Å². The van der Waals surface area contributed by atoms with Crippen LogP contribution >= 0.6 is 0 Å². The van der Waals surface area contributed by atoms with Gasteiger partial charge in [0.1, 0.15) is 0 Å². The summed E-state index contributed by atoms with van der Waals surface area (Å²) in [6.07, 6.45) is 1.68. The van der Waals surface area contributed by atoms with Crippen molar-refractivity contribution in [2.24, 2.45) is 0 Å². The Morgan fingerprint density at radius 3 is 2.60 bits per heavy atom. The Balaban J connectivity index is 2.63. The van der Waals surface area contributed by atoms with Gasteiger partial charge in [0.25, 0.3) is 0 Å². The van der Waals surface area contributed by atoms with Gasteiger partial charge in [0.2, 0.25) is 10.0 Å². The van der Waals surface area contributed by atoms with Crippen molar-refractivity contribution in [3.63, 3.8) is 0 Å². The lowest BCUT2D eigenvalue weighted by molar-refractivity contribution is 0.233. The first-order valence-electron chi connectivity index (χ1n) is 5.60. The molecule has 0 aromatic carbocycles. The van der Waals surface area contributed by atoms with Crippen LogP contribution in [0.5, 0.6) is 0 Å². The normalized spacial score (nSPS) is 22.9. The predicted octanol–water partition coefficient (Wildman–Crippen LogP) is 0.800. The number of nitrogens with one attached hydrogen (secondary N) is 1. The fourth-order valence-electron chi connectivity index (χ4n) is 1.79. The highest BCUT2D eigenvalue weighted by molar-refractivity contribution is 7.89. The van der Waals surface area contributed by atoms with Gasteiger partial charge in [-0.15, -0.1) is 0 Å². The number of piperazine rings is 1. The number of nitrogens with zero attached hydrogens (tertiary/aromatic N) is 1. The van der Waals surface area contributed by atoms with Crippen molar-refractivity contribution in [2.75, 3.05) is 25.4 Å². The highest BCUT2D eigenvalue weighted by atomic mass is 32.2. The highest BCUT2D eigenvalue weighted by Gasteiger charge is 2.32. The van der Waals surface area contributed by atoms with Gasteiger partial charge in [-0.1, -0.05) is 13.3 Å². The minimum atomic E-state index is -3.02. The Kier molecular flexibility index (Phi) is 4.14. The molecule has 0 radical (unpaired) electrons. The van der Waals surface area contributed by atoms with E-state index in [-0.39, 0.29) is 5.54 Å². The molecule has 0 aromatic rings. The lowest BCUT2D eigenvalue weighted by Gasteiger charge is -2.38. The molecule has 1 heterocycles. The second-order valence-electron chi connectivity index (χ2n) is 4.81. The second-order valence-corrected chi connectivity index (χ2v) is 6.90.